The van der Waals surface area contributed by atoms with Crippen molar-refractivity contribution in [3.8, 4) is 16.9 Å². The van der Waals surface area contributed by atoms with Gasteiger partial charge in [-0.3, -0.25) is 9.59 Å². The number of nitrogens with one attached hydrogen (secondary N) is 1. The quantitative estimate of drug-likeness (QED) is 0.260. The third-order valence-corrected chi connectivity index (χ3v) is 9.43. The van der Waals surface area contributed by atoms with E-state index in [-0.39, 0.29) is 18.5 Å². The van der Waals surface area contributed by atoms with Gasteiger partial charge in [-0.05, 0) is 86.5 Å². The molecule has 1 amide bonds. The molecule has 0 unspecified atom stereocenters. The molecule has 2 aliphatic carbocycles. The standard InChI is InChI=1S/C35H36ClF3N2O3/c1-20-5-6-21(2)31-28(20)18-29(32(31)36)34(43)41(27-14-12-26(40-3)13-15-27)19-25-17-24(11-16-30(25)44-4)22-7-9-23(10-8-22)33(42)35(37,38)39/h5-11,16-17,26-27,40H,12-15,18-19H2,1-4H3. The number of ketones is 1. The molecule has 3 aromatic carbocycles. The molecule has 1 saturated carbocycles. The molecule has 44 heavy (non-hydrogen) atoms. The van der Waals surface area contributed by atoms with Crippen LogP contribution in [0.15, 0.2) is 60.2 Å². The van der Waals surface area contributed by atoms with Gasteiger partial charge >= 0.3 is 6.18 Å². The SMILES string of the molecule is CNC1CCC(N(Cc2cc(-c3ccc(C(=O)C(F)(F)F)cc3)ccc2OC)C(=O)C2=C(Cl)c3c(C)ccc(C)c3C2)CC1. The highest BCUT2D eigenvalue weighted by atomic mass is 35.5. The zero-order chi connectivity index (χ0) is 31.8. The second-order valence-electron chi connectivity index (χ2n) is 11.7. The van der Waals surface area contributed by atoms with Crippen molar-refractivity contribution in [2.75, 3.05) is 14.2 Å². The van der Waals surface area contributed by atoms with E-state index in [0.29, 0.717) is 34.4 Å². The monoisotopic (exact) mass is 624 g/mol. The van der Waals surface area contributed by atoms with Gasteiger partial charge in [0.25, 0.3) is 11.7 Å². The first-order valence-electron chi connectivity index (χ1n) is 14.8. The van der Waals surface area contributed by atoms with Crippen molar-refractivity contribution >= 4 is 28.3 Å². The maximum absolute atomic E-state index is 14.4. The molecule has 1 N–H and O–H groups in total. The molecule has 2 aliphatic rings. The largest absolute Gasteiger partial charge is 0.496 e. The van der Waals surface area contributed by atoms with Gasteiger partial charge in [-0.15, -0.1) is 0 Å². The van der Waals surface area contributed by atoms with Gasteiger partial charge < -0.3 is 15.0 Å². The van der Waals surface area contributed by atoms with Crippen LogP contribution in [0.4, 0.5) is 13.2 Å². The van der Waals surface area contributed by atoms with Crippen molar-refractivity contribution in [1.82, 2.24) is 10.2 Å². The number of halogens is 4. The number of hydrogen-bond donors (Lipinski definition) is 1. The van der Waals surface area contributed by atoms with Crippen LogP contribution in [0.3, 0.4) is 0 Å². The molecule has 0 atom stereocenters. The summed E-state index contributed by atoms with van der Waals surface area (Å²) in [6.45, 7) is 4.32. The van der Waals surface area contributed by atoms with Crippen LogP contribution >= 0.6 is 11.6 Å². The number of benzene rings is 3. The number of aryl methyl sites for hydroxylation is 2. The summed E-state index contributed by atoms with van der Waals surface area (Å²) in [5, 5.41) is 3.86. The molecule has 1 fully saturated rings. The summed E-state index contributed by atoms with van der Waals surface area (Å²) in [6.07, 6.45) is -0.906. The summed E-state index contributed by atoms with van der Waals surface area (Å²) in [6, 6.07) is 15.3. The summed E-state index contributed by atoms with van der Waals surface area (Å²) in [5.74, 6) is -1.38. The summed E-state index contributed by atoms with van der Waals surface area (Å²) in [7, 11) is 3.53. The first kappa shape index (κ1) is 31.8. The summed E-state index contributed by atoms with van der Waals surface area (Å²) in [5.41, 5.74) is 6.49. The van der Waals surface area contributed by atoms with Crippen molar-refractivity contribution in [1.29, 1.82) is 0 Å². The van der Waals surface area contributed by atoms with E-state index in [2.05, 4.69) is 11.4 Å². The molecule has 5 nitrogen and oxygen atoms in total. The highest BCUT2D eigenvalue weighted by Crippen LogP contribution is 2.41. The summed E-state index contributed by atoms with van der Waals surface area (Å²) in [4.78, 5) is 28.0. The fraction of sp³-hybridized carbons (Fsp3) is 0.371. The van der Waals surface area contributed by atoms with E-state index in [1.807, 2.05) is 44.0 Å². The van der Waals surface area contributed by atoms with E-state index in [1.54, 1.807) is 13.2 Å². The number of fused-ring (bicyclic) bond motifs is 1. The normalized spacial score (nSPS) is 18.3. The molecular formula is C35H36ClF3N2O3. The average molecular weight is 625 g/mol. The van der Waals surface area contributed by atoms with Crippen LogP contribution in [-0.4, -0.2) is 49.0 Å². The Kier molecular flexibility index (Phi) is 9.23. The number of amides is 1. The predicted molar refractivity (Wildman–Crippen MR) is 167 cm³/mol. The fourth-order valence-corrected chi connectivity index (χ4v) is 6.85. The lowest BCUT2D eigenvalue weighted by Gasteiger charge is -2.37. The van der Waals surface area contributed by atoms with Crippen molar-refractivity contribution in [2.45, 2.75) is 70.8 Å². The second-order valence-corrected chi connectivity index (χ2v) is 12.1. The Balaban J connectivity index is 1.49. The Hall–Kier alpha value is -3.62. The molecule has 0 aromatic heterocycles. The predicted octanol–water partition coefficient (Wildman–Crippen LogP) is 7.79. The highest BCUT2D eigenvalue weighted by molar-refractivity contribution is 6.52. The van der Waals surface area contributed by atoms with Gasteiger partial charge in [-0.2, -0.15) is 13.2 Å². The number of methoxy groups -OCH3 is 1. The van der Waals surface area contributed by atoms with Gasteiger partial charge in [0.1, 0.15) is 5.75 Å². The van der Waals surface area contributed by atoms with Crippen molar-refractivity contribution in [3.05, 3.63) is 93.6 Å². The number of alkyl halides is 3. The Labute approximate surface area is 261 Å². The lowest BCUT2D eigenvalue weighted by Crippen LogP contribution is -2.45. The van der Waals surface area contributed by atoms with Crippen LogP contribution in [0.1, 0.15) is 63.9 Å². The number of carbonyl (C=O) groups is 2. The van der Waals surface area contributed by atoms with Crippen LogP contribution in [0.5, 0.6) is 5.75 Å². The van der Waals surface area contributed by atoms with Crippen LogP contribution in [-0.2, 0) is 17.8 Å². The average Bonchev–Trinajstić information content (AvgIpc) is 3.38. The summed E-state index contributed by atoms with van der Waals surface area (Å²) >= 11 is 6.94. The molecular weight excluding hydrogens is 589 g/mol. The number of nitrogens with zero attached hydrogens (tertiary/aromatic N) is 1. The Bertz CT molecular complexity index is 1610. The molecule has 232 valence electrons. The van der Waals surface area contributed by atoms with Gasteiger partial charge in [-0.25, -0.2) is 0 Å². The number of rotatable bonds is 8. The molecule has 9 heteroatoms. The Morgan fingerprint density at radius 2 is 1.59 bits per heavy atom. The molecule has 3 aromatic rings. The van der Waals surface area contributed by atoms with Gasteiger partial charge in [0.05, 0.1) is 12.1 Å². The smallest absolute Gasteiger partial charge is 0.454 e. The second kappa shape index (κ2) is 12.8. The Morgan fingerprint density at radius 1 is 0.955 bits per heavy atom. The van der Waals surface area contributed by atoms with Gasteiger partial charge in [0.15, 0.2) is 0 Å². The summed E-state index contributed by atoms with van der Waals surface area (Å²) < 4.78 is 44.5. The van der Waals surface area contributed by atoms with Crippen molar-refractivity contribution in [2.24, 2.45) is 0 Å². The van der Waals surface area contributed by atoms with Crippen molar-refractivity contribution in [3.63, 3.8) is 0 Å². The minimum absolute atomic E-state index is 0.00370. The van der Waals surface area contributed by atoms with E-state index in [0.717, 1.165) is 59.1 Å². The highest BCUT2D eigenvalue weighted by Gasteiger charge is 2.39. The number of hydrogen-bond acceptors (Lipinski definition) is 4. The first-order chi connectivity index (χ1) is 20.9. The maximum Gasteiger partial charge on any atom is 0.454 e. The molecule has 0 heterocycles. The molecule has 0 bridgehead atoms. The third kappa shape index (κ3) is 6.28. The minimum atomic E-state index is -4.94. The van der Waals surface area contributed by atoms with Crippen LogP contribution in [0.2, 0.25) is 0 Å². The number of Topliss-reactive ketones (excluding diaryl/α,β-unsaturated/α-hetero) is 1. The van der Waals surface area contributed by atoms with E-state index in [1.165, 1.54) is 24.3 Å². The minimum Gasteiger partial charge on any atom is -0.496 e. The van der Waals surface area contributed by atoms with Crippen LogP contribution in [0, 0.1) is 13.8 Å². The lowest BCUT2D eigenvalue weighted by molar-refractivity contribution is -0.130. The van der Waals surface area contributed by atoms with Gasteiger partial charge in [0, 0.05) is 47.3 Å². The van der Waals surface area contributed by atoms with E-state index in [9.17, 15) is 22.8 Å². The lowest BCUT2D eigenvalue weighted by atomic mass is 9.89. The number of ether oxygens (including phenoxy) is 1. The van der Waals surface area contributed by atoms with Crippen LogP contribution in [0.25, 0.3) is 16.2 Å². The van der Waals surface area contributed by atoms with E-state index in [4.69, 9.17) is 16.3 Å². The number of carbonyl (C=O) groups excluding carboxylic acids is 2. The zero-order valence-electron chi connectivity index (χ0n) is 25.3. The topological polar surface area (TPSA) is 58.6 Å². The Morgan fingerprint density at radius 3 is 2.18 bits per heavy atom. The maximum atomic E-state index is 14.4. The van der Waals surface area contributed by atoms with Gasteiger partial charge in [0.2, 0.25) is 0 Å². The van der Waals surface area contributed by atoms with Crippen LogP contribution < -0.4 is 10.1 Å². The fourth-order valence-electron chi connectivity index (χ4n) is 6.44. The molecule has 0 saturated heterocycles. The molecule has 0 aliphatic heterocycles. The van der Waals surface area contributed by atoms with Crippen molar-refractivity contribution < 1.29 is 27.5 Å². The van der Waals surface area contributed by atoms with Gasteiger partial charge in [-0.1, -0.05) is 54.1 Å². The van der Waals surface area contributed by atoms with E-state index >= 15 is 0 Å². The molecule has 0 radical (unpaired) electrons. The first-order valence-corrected chi connectivity index (χ1v) is 15.2. The molecule has 5 rings (SSSR count). The molecule has 0 spiro atoms. The van der Waals surface area contributed by atoms with E-state index < -0.39 is 17.5 Å². The zero-order valence-corrected chi connectivity index (χ0v) is 26.0. The third-order valence-electron chi connectivity index (χ3n) is 9.02.